The van der Waals surface area contributed by atoms with E-state index in [2.05, 4.69) is 29.3 Å². The third kappa shape index (κ3) is 3.74. The lowest BCUT2D eigenvalue weighted by Crippen LogP contribution is -2.46. The van der Waals surface area contributed by atoms with Crippen molar-refractivity contribution in [3.8, 4) is 0 Å². The Morgan fingerprint density at radius 2 is 2.00 bits per heavy atom. The fourth-order valence-corrected chi connectivity index (χ4v) is 4.26. The van der Waals surface area contributed by atoms with Crippen molar-refractivity contribution in [2.45, 2.75) is 38.8 Å². The number of hydrogen-bond donors (Lipinski definition) is 2. The fourth-order valence-electron chi connectivity index (χ4n) is 4.26. The van der Waals surface area contributed by atoms with Crippen LogP contribution in [0.5, 0.6) is 0 Å². The molecule has 1 atom stereocenters. The second-order valence-electron chi connectivity index (χ2n) is 7.95. The molecule has 0 radical (unpaired) electrons. The van der Waals surface area contributed by atoms with Crippen molar-refractivity contribution in [1.29, 1.82) is 0 Å². The number of furan rings is 1. The Morgan fingerprint density at radius 1 is 1.24 bits per heavy atom. The highest BCUT2D eigenvalue weighted by Crippen LogP contribution is 2.34. The number of para-hydroxylation sites is 1. The number of benzene rings is 1. The average Bonchev–Trinajstić information content (AvgIpc) is 3.31. The van der Waals surface area contributed by atoms with Gasteiger partial charge in [0.25, 0.3) is 5.91 Å². The topological polar surface area (TPSA) is 92.0 Å². The maximum Gasteiger partial charge on any atom is 0.311 e. The molecule has 1 aromatic carbocycles. The lowest BCUT2D eigenvalue weighted by molar-refractivity contribution is -0.154. The van der Waals surface area contributed by atoms with E-state index in [1.54, 1.807) is 6.07 Å². The zero-order chi connectivity index (χ0) is 20.4. The minimum absolute atomic E-state index is 0.0814. The summed E-state index contributed by atoms with van der Waals surface area (Å²) in [7, 11) is 0. The van der Waals surface area contributed by atoms with E-state index in [0.29, 0.717) is 50.0 Å². The number of carboxylic acids is 1. The first-order valence-electron chi connectivity index (χ1n) is 10.0. The number of hydrogen-bond acceptors (Lipinski definition) is 5. The van der Waals surface area contributed by atoms with Gasteiger partial charge in [-0.2, -0.15) is 0 Å². The highest BCUT2D eigenvalue weighted by Gasteiger charge is 2.40. The van der Waals surface area contributed by atoms with Crippen molar-refractivity contribution in [2.24, 2.45) is 5.41 Å². The number of amides is 1. The lowest BCUT2D eigenvalue weighted by atomic mass is 9.80. The molecule has 154 valence electrons. The molecular formula is C22H26N2O5. The van der Waals surface area contributed by atoms with Gasteiger partial charge in [-0.3, -0.25) is 9.59 Å². The fraction of sp³-hybridized carbons (Fsp3) is 0.455. The van der Waals surface area contributed by atoms with Crippen LogP contribution < -0.4 is 10.2 Å². The number of fused-ring (bicyclic) bond motifs is 1. The number of ether oxygens (including phenoxy) is 1. The van der Waals surface area contributed by atoms with E-state index in [9.17, 15) is 14.7 Å². The minimum Gasteiger partial charge on any atom is -0.481 e. The van der Waals surface area contributed by atoms with E-state index < -0.39 is 11.4 Å². The second-order valence-corrected chi connectivity index (χ2v) is 7.95. The first kappa shape index (κ1) is 19.5. The summed E-state index contributed by atoms with van der Waals surface area (Å²) >= 11 is 0. The van der Waals surface area contributed by atoms with Gasteiger partial charge in [-0.15, -0.1) is 0 Å². The van der Waals surface area contributed by atoms with Gasteiger partial charge in [-0.25, -0.2) is 0 Å². The predicted octanol–water partition coefficient (Wildman–Crippen LogP) is 2.84. The van der Waals surface area contributed by atoms with Crippen LogP contribution in [0.25, 0.3) is 0 Å². The van der Waals surface area contributed by atoms with Crippen molar-refractivity contribution >= 4 is 17.6 Å². The van der Waals surface area contributed by atoms with Crippen molar-refractivity contribution in [3.05, 3.63) is 53.5 Å². The molecule has 0 aliphatic carbocycles. The van der Waals surface area contributed by atoms with Crippen LogP contribution in [0.15, 0.2) is 41.0 Å². The van der Waals surface area contributed by atoms with E-state index in [-0.39, 0.29) is 12.5 Å². The molecule has 4 rings (SSSR count). The van der Waals surface area contributed by atoms with Crippen LogP contribution >= 0.6 is 0 Å². The normalized spacial score (nSPS) is 20.3. The number of anilines is 1. The van der Waals surface area contributed by atoms with Crippen molar-refractivity contribution < 1.29 is 23.8 Å². The zero-order valence-corrected chi connectivity index (χ0v) is 16.5. The highest BCUT2D eigenvalue weighted by molar-refractivity contribution is 5.95. The summed E-state index contributed by atoms with van der Waals surface area (Å²) in [6.45, 7) is 3.52. The van der Waals surface area contributed by atoms with E-state index in [1.807, 2.05) is 12.1 Å². The molecule has 2 N–H and O–H groups in total. The van der Waals surface area contributed by atoms with Gasteiger partial charge in [-0.1, -0.05) is 18.2 Å². The third-order valence-electron chi connectivity index (χ3n) is 6.14. The van der Waals surface area contributed by atoms with Crippen molar-refractivity contribution in [1.82, 2.24) is 5.32 Å². The van der Waals surface area contributed by atoms with Crippen LogP contribution in [0.3, 0.4) is 0 Å². The number of nitrogens with zero attached hydrogens (tertiary/aromatic N) is 1. The Kier molecular flexibility index (Phi) is 5.32. The average molecular weight is 398 g/mol. The standard InChI is InChI=1S/C22H26N2O5/c1-15-12-16-4-2-3-5-18(16)24(15)13-19-17(6-9-29-19)20(25)23-14-22(21(26)27)7-10-28-11-8-22/h2-6,9,15H,7-8,10-14H2,1H3,(H,23,25)(H,26,27). The van der Waals surface area contributed by atoms with Gasteiger partial charge in [-0.05, 0) is 43.9 Å². The molecule has 1 unspecified atom stereocenters. The first-order valence-corrected chi connectivity index (χ1v) is 10.0. The molecule has 2 aromatic rings. The summed E-state index contributed by atoms with van der Waals surface area (Å²) in [5.41, 5.74) is 1.93. The summed E-state index contributed by atoms with van der Waals surface area (Å²) in [5.74, 6) is -0.612. The molecule has 7 heteroatoms. The monoisotopic (exact) mass is 398 g/mol. The Hall–Kier alpha value is -2.80. The van der Waals surface area contributed by atoms with Crippen molar-refractivity contribution in [3.63, 3.8) is 0 Å². The number of aliphatic carboxylic acids is 1. The summed E-state index contributed by atoms with van der Waals surface area (Å²) in [4.78, 5) is 26.9. The quantitative estimate of drug-likeness (QED) is 0.777. The van der Waals surface area contributed by atoms with E-state index in [0.717, 1.165) is 12.1 Å². The molecule has 0 spiro atoms. The molecule has 2 aliphatic rings. The van der Waals surface area contributed by atoms with Gasteiger partial charge >= 0.3 is 5.97 Å². The van der Waals surface area contributed by atoms with Gasteiger partial charge in [0.15, 0.2) is 0 Å². The zero-order valence-electron chi connectivity index (χ0n) is 16.5. The molecule has 1 saturated heterocycles. The summed E-state index contributed by atoms with van der Waals surface area (Å²) in [6.07, 6.45) is 3.26. The number of carbonyl (C=O) groups excluding carboxylic acids is 1. The van der Waals surface area contributed by atoms with Crippen LogP contribution in [-0.4, -0.2) is 42.8 Å². The predicted molar refractivity (Wildman–Crippen MR) is 107 cm³/mol. The molecule has 0 bridgehead atoms. The molecular weight excluding hydrogens is 372 g/mol. The Balaban J connectivity index is 1.46. The Morgan fingerprint density at radius 3 is 2.76 bits per heavy atom. The van der Waals surface area contributed by atoms with E-state index in [4.69, 9.17) is 9.15 Å². The van der Waals surface area contributed by atoms with E-state index >= 15 is 0 Å². The third-order valence-corrected chi connectivity index (χ3v) is 6.14. The SMILES string of the molecule is CC1Cc2ccccc2N1Cc1occc1C(=O)NCC1(C(=O)O)CCOCC1. The Bertz CT molecular complexity index is 900. The number of rotatable bonds is 6. The summed E-state index contributed by atoms with van der Waals surface area (Å²) in [6, 6.07) is 10.2. The van der Waals surface area contributed by atoms with Crippen LogP contribution in [0.2, 0.25) is 0 Å². The van der Waals surface area contributed by atoms with E-state index in [1.165, 1.54) is 11.8 Å². The van der Waals surface area contributed by atoms with Gasteiger partial charge < -0.3 is 24.5 Å². The molecule has 0 saturated carbocycles. The molecule has 1 aromatic heterocycles. The maximum atomic E-state index is 12.8. The smallest absolute Gasteiger partial charge is 0.311 e. The highest BCUT2D eigenvalue weighted by atomic mass is 16.5. The largest absolute Gasteiger partial charge is 0.481 e. The van der Waals surface area contributed by atoms with Crippen molar-refractivity contribution in [2.75, 3.05) is 24.7 Å². The van der Waals surface area contributed by atoms with Crippen LogP contribution in [0.1, 0.15) is 41.4 Å². The minimum atomic E-state index is -0.972. The molecule has 7 nitrogen and oxygen atoms in total. The summed E-state index contributed by atoms with van der Waals surface area (Å²) < 4.78 is 10.9. The number of carboxylic acid groups (broad SMARTS) is 1. The van der Waals surface area contributed by atoms with Gasteiger partial charge in [0.1, 0.15) is 5.76 Å². The van der Waals surface area contributed by atoms with Gasteiger partial charge in [0, 0.05) is 31.5 Å². The van der Waals surface area contributed by atoms with Crippen LogP contribution in [-0.2, 0) is 22.5 Å². The lowest BCUT2D eigenvalue weighted by Gasteiger charge is -2.33. The van der Waals surface area contributed by atoms with Crippen LogP contribution in [0, 0.1) is 5.41 Å². The Labute approximate surface area is 169 Å². The molecule has 3 heterocycles. The van der Waals surface area contributed by atoms with Gasteiger partial charge in [0.05, 0.1) is 23.8 Å². The number of carbonyl (C=O) groups is 2. The summed E-state index contributed by atoms with van der Waals surface area (Å²) in [5, 5.41) is 12.5. The van der Waals surface area contributed by atoms with Crippen LogP contribution in [0.4, 0.5) is 5.69 Å². The van der Waals surface area contributed by atoms with Gasteiger partial charge in [0.2, 0.25) is 0 Å². The maximum absolute atomic E-state index is 12.8. The second kappa shape index (κ2) is 7.91. The molecule has 2 aliphatic heterocycles. The first-order chi connectivity index (χ1) is 14.0. The molecule has 1 amide bonds. The molecule has 29 heavy (non-hydrogen) atoms. The number of nitrogens with one attached hydrogen (secondary N) is 1. The molecule has 1 fully saturated rings.